The number of hydrogen-bond acceptors (Lipinski definition) is 3. The summed E-state index contributed by atoms with van der Waals surface area (Å²) in [6.07, 6.45) is 1.79. The van der Waals surface area contributed by atoms with Crippen molar-refractivity contribution in [2.45, 2.75) is 30.3 Å². The van der Waals surface area contributed by atoms with E-state index in [1.165, 1.54) is 5.56 Å². The quantitative estimate of drug-likeness (QED) is 0.842. The maximum atomic E-state index is 6.34. The number of nitrogens with zero attached hydrogens (tertiary/aromatic N) is 1. The molecule has 0 spiro atoms. The minimum Gasteiger partial charge on any atom is -0.312 e. The first-order chi connectivity index (χ1) is 9.65. The van der Waals surface area contributed by atoms with Crippen LogP contribution in [-0.2, 0) is 6.54 Å². The SMILES string of the molecule is CC(C)CNCc1ccc(Sc2ccccn2)c(Cl)c1. The summed E-state index contributed by atoms with van der Waals surface area (Å²) in [5.41, 5.74) is 1.21. The molecule has 0 saturated heterocycles. The molecule has 0 unspecified atom stereocenters. The molecule has 2 aromatic rings. The molecule has 0 bridgehead atoms. The predicted octanol–water partition coefficient (Wildman–Crippen LogP) is 4.63. The molecule has 0 fully saturated rings. The van der Waals surface area contributed by atoms with Gasteiger partial charge in [0, 0.05) is 17.6 Å². The van der Waals surface area contributed by atoms with Gasteiger partial charge in [0.05, 0.1) is 5.02 Å². The molecule has 1 N–H and O–H groups in total. The summed E-state index contributed by atoms with van der Waals surface area (Å²) in [5.74, 6) is 0.657. The molecule has 106 valence electrons. The normalized spacial score (nSPS) is 11.0. The lowest BCUT2D eigenvalue weighted by Crippen LogP contribution is -2.18. The Morgan fingerprint density at radius 2 is 2.10 bits per heavy atom. The van der Waals surface area contributed by atoms with Gasteiger partial charge in [0.15, 0.2) is 0 Å². The highest BCUT2D eigenvalue weighted by Gasteiger charge is 2.05. The zero-order chi connectivity index (χ0) is 14.4. The monoisotopic (exact) mass is 306 g/mol. The summed E-state index contributed by atoms with van der Waals surface area (Å²) in [6, 6.07) is 12.1. The van der Waals surface area contributed by atoms with Crippen LogP contribution in [0, 0.1) is 5.92 Å². The van der Waals surface area contributed by atoms with Crippen LogP contribution < -0.4 is 5.32 Å². The van der Waals surface area contributed by atoms with Crippen LogP contribution in [0.15, 0.2) is 52.5 Å². The van der Waals surface area contributed by atoms with E-state index in [1.807, 2.05) is 24.3 Å². The molecule has 1 aromatic heterocycles. The van der Waals surface area contributed by atoms with Crippen molar-refractivity contribution < 1.29 is 0 Å². The average molecular weight is 307 g/mol. The van der Waals surface area contributed by atoms with Gasteiger partial charge in [-0.15, -0.1) is 0 Å². The van der Waals surface area contributed by atoms with Crippen LogP contribution in [0.1, 0.15) is 19.4 Å². The molecule has 2 rings (SSSR count). The summed E-state index contributed by atoms with van der Waals surface area (Å²) in [7, 11) is 0. The van der Waals surface area contributed by atoms with Gasteiger partial charge in [0.2, 0.25) is 0 Å². The third-order valence-corrected chi connectivity index (χ3v) is 4.18. The number of halogens is 1. The molecule has 20 heavy (non-hydrogen) atoms. The number of hydrogen-bond donors (Lipinski definition) is 1. The van der Waals surface area contributed by atoms with Gasteiger partial charge in [-0.2, -0.15) is 0 Å². The van der Waals surface area contributed by atoms with Crippen LogP contribution in [-0.4, -0.2) is 11.5 Å². The Morgan fingerprint density at radius 1 is 1.25 bits per heavy atom. The standard InChI is InChI=1S/C16H19ClN2S/c1-12(2)10-18-11-13-6-7-15(14(17)9-13)20-16-5-3-4-8-19-16/h3-9,12,18H,10-11H2,1-2H3. The van der Waals surface area contributed by atoms with Gasteiger partial charge in [0.25, 0.3) is 0 Å². The fourth-order valence-corrected chi connectivity index (χ4v) is 2.86. The van der Waals surface area contributed by atoms with Crippen molar-refractivity contribution in [1.29, 1.82) is 0 Å². The van der Waals surface area contributed by atoms with Crippen molar-refractivity contribution in [3.05, 3.63) is 53.2 Å². The number of benzene rings is 1. The van der Waals surface area contributed by atoms with E-state index >= 15 is 0 Å². The van der Waals surface area contributed by atoms with Gasteiger partial charge in [0.1, 0.15) is 5.03 Å². The van der Waals surface area contributed by atoms with Crippen molar-refractivity contribution in [3.8, 4) is 0 Å². The van der Waals surface area contributed by atoms with Crippen molar-refractivity contribution in [2.24, 2.45) is 5.92 Å². The summed E-state index contributed by atoms with van der Waals surface area (Å²) in [5, 5.41) is 5.16. The minimum absolute atomic E-state index is 0.657. The number of aromatic nitrogens is 1. The van der Waals surface area contributed by atoms with Crippen LogP contribution >= 0.6 is 23.4 Å². The molecule has 2 nitrogen and oxygen atoms in total. The Kier molecular flexibility index (Phi) is 5.89. The van der Waals surface area contributed by atoms with Crippen molar-refractivity contribution in [1.82, 2.24) is 10.3 Å². The van der Waals surface area contributed by atoms with Crippen LogP contribution in [0.25, 0.3) is 0 Å². The second-order valence-corrected chi connectivity index (χ2v) is 6.53. The van der Waals surface area contributed by atoms with Gasteiger partial charge < -0.3 is 5.32 Å². The lowest BCUT2D eigenvalue weighted by atomic mass is 10.2. The molecular weight excluding hydrogens is 288 g/mol. The average Bonchev–Trinajstić information content (AvgIpc) is 2.42. The highest BCUT2D eigenvalue weighted by Crippen LogP contribution is 2.32. The Hall–Kier alpha value is -1.03. The molecule has 0 aliphatic rings. The first-order valence-corrected chi connectivity index (χ1v) is 7.92. The maximum absolute atomic E-state index is 6.34. The summed E-state index contributed by atoms with van der Waals surface area (Å²) >= 11 is 7.93. The van der Waals surface area contributed by atoms with Crippen molar-refractivity contribution in [2.75, 3.05) is 6.54 Å². The smallest absolute Gasteiger partial charge is 0.101 e. The Balaban J connectivity index is 1.99. The summed E-state index contributed by atoms with van der Waals surface area (Å²) in [6.45, 7) is 6.27. The van der Waals surface area contributed by atoms with E-state index in [1.54, 1.807) is 18.0 Å². The molecule has 0 saturated carbocycles. The van der Waals surface area contributed by atoms with Gasteiger partial charge >= 0.3 is 0 Å². The summed E-state index contributed by atoms with van der Waals surface area (Å²) < 4.78 is 0. The van der Waals surface area contributed by atoms with Crippen LogP contribution in [0.5, 0.6) is 0 Å². The third-order valence-electron chi connectivity index (χ3n) is 2.73. The number of nitrogens with one attached hydrogen (secondary N) is 1. The second-order valence-electron chi connectivity index (χ2n) is 5.06. The number of rotatable bonds is 6. The van der Waals surface area contributed by atoms with Gasteiger partial charge in [-0.05, 0) is 42.3 Å². The molecule has 0 radical (unpaired) electrons. The van der Waals surface area contributed by atoms with E-state index in [0.29, 0.717) is 5.92 Å². The van der Waals surface area contributed by atoms with Crippen LogP contribution in [0.2, 0.25) is 5.02 Å². The van der Waals surface area contributed by atoms with Crippen molar-refractivity contribution >= 4 is 23.4 Å². The lowest BCUT2D eigenvalue weighted by Gasteiger charge is -2.09. The Morgan fingerprint density at radius 3 is 2.75 bits per heavy atom. The second kappa shape index (κ2) is 7.67. The van der Waals surface area contributed by atoms with E-state index in [-0.39, 0.29) is 0 Å². The van der Waals surface area contributed by atoms with Gasteiger partial charge in [-0.25, -0.2) is 4.98 Å². The van der Waals surface area contributed by atoms with Crippen molar-refractivity contribution in [3.63, 3.8) is 0 Å². The highest BCUT2D eigenvalue weighted by molar-refractivity contribution is 7.99. The zero-order valence-electron chi connectivity index (χ0n) is 11.8. The first-order valence-electron chi connectivity index (χ1n) is 6.73. The lowest BCUT2D eigenvalue weighted by molar-refractivity contribution is 0.552. The fraction of sp³-hybridized carbons (Fsp3) is 0.312. The fourth-order valence-electron chi connectivity index (χ4n) is 1.76. The summed E-state index contributed by atoms with van der Waals surface area (Å²) in [4.78, 5) is 5.34. The van der Waals surface area contributed by atoms with E-state index in [9.17, 15) is 0 Å². The predicted molar refractivity (Wildman–Crippen MR) is 86.4 cm³/mol. The molecule has 0 atom stereocenters. The van der Waals surface area contributed by atoms with Crippen LogP contribution in [0.4, 0.5) is 0 Å². The molecule has 0 aliphatic carbocycles. The van der Waals surface area contributed by atoms with Gasteiger partial charge in [-0.1, -0.05) is 49.3 Å². The van der Waals surface area contributed by atoms with Crippen LogP contribution in [0.3, 0.4) is 0 Å². The van der Waals surface area contributed by atoms with Gasteiger partial charge in [-0.3, -0.25) is 0 Å². The molecule has 4 heteroatoms. The Bertz CT molecular complexity index is 543. The highest BCUT2D eigenvalue weighted by atomic mass is 35.5. The zero-order valence-corrected chi connectivity index (χ0v) is 13.3. The van der Waals surface area contributed by atoms with E-state index < -0.39 is 0 Å². The Labute approximate surface area is 130 Å². The topological polar surface area (TPSA) is 24.9 Å². The third kappa shape index (κ3) is 4.82. The van der Waals surface area contributed by atoms with E-state index in [2.05, 4.69) is 36.3 Å². The molecular formula is C16H19ClN2S. The maximum Gasteiger partial charge on any atom is 0.101 e. The molecule has 0 aliphatic heterocycles. The molecule has 1 aromatic carbocycles. The first kappa shape index (κ1) is 15.4. The van der Waals surface area contributed by atoms with E-state index in [0.717, 1.165) is 28.0 Å². The number of pyridine rings is 1. The molecule has 0 amide bonds. The van der Waals surface area contributed by atoms with E-state index in [4.69, 9.17) is 11.6 Å². The molecule has 1 heterocycles. The minimum atomic E-state index is 0.657. The largest absolute Gasteiger partial charge is 0.312 e.